The van der Waals surface area contributed by atoms with E-state index in [0.29, 0.717) is 5.56 Å². The molecule has 0 heterocycles. The van der Waals surface area contributed by atoms with E-state index in [-0.39, 0.29) is 12.4 Å². The molecule has 88 valence electrons. The molecule has 0 unspecified atom stereocenters. The number of benzene rings is 1. The molecule has 0 amide bonds. The Morgan fingerprint density at radius 2 is 2.06 bits per heavy atom. The van der Waals surface area contributed by atoms with Crippen LogP contribution in [0.4, 0.5) is 8.78 Å². The zero-order chi connectivity index (χ0) is 12.0. The van der Waals surface area contributed by atoms with Crippen molar-refractivity contribution < 1.29 is 28.2 Å². The molecule has 0 radical (unpaired) electrons. The summed E-state index contributed by atoms with van der Waals surface area (Å²) in [5.41, 5.74) is 0.379. The molecule has 16 heavy (non-hydrogen) atoms. The molecule has 0 spiro atoms. The summed E-state index contributed by atoms with van der Waals surface area (Å²) in [6, 6.07) is 6.06. The van der Waals surface area contributed by atoms with Crippen LogP contribution in [0.25, 0.3) is 0 Å². The Bertz CT molecular complexity index is 354. The molecule has 0 aliphatic carbocycles. The van der Waals surface area contributed by atoms with Gasteiger partial charge in [-0.1, -0.05) is 18.2 Å². The third kappa shape index (κ3) is 4.22. The van der Waals surface area contributed by atoms with Crippen molar-refractivity contribution in [2.75, 3.05) is 6.61 Å². The second-order valence-electron chi connectivity index (χ2n) is 2.87. The fourth-order valence-electron chi connectivity index (χ4n) is 1.08. The number of hydrogen-bond acceptors (Lipinski definition) is 3. The molecule has 0 bridgehead atoms. The fraction of sp³-hybridized carbons (Fsp3) is 0.300. The maximum Gasteiger partial charge on any atom is 0.387 e. The molecule has 0 aliphatic rings. The van der Waals surface area contributed by atoms with Crippen LogP contribution in [-0.4, -0.2) is 24.3 Å². The number of aliphatic carboxylic acids is 1. The van der Waals surface area contributed by atoms with Crippen molar-refractivity contribution in [2.45, 2.75) is 13.2 Å². The van der Waals surface area contributed by atoms with Crippen molar-refractivity contribution in [1.82, 2.24) is 0 Å². The smallest absolute Gasteiger partial charge is 0.387 e. The van der Waals surface area contributed by atoms with Crippen LogP contribution in [-0.2, 0) is 16.1 Å². The van der Waals surface area contributed by atoms with Crippen molar-refractivity contribution in [2.24, 2.45) is 0 Å². The third-order valence-electron chi connectivity index (χ3n) is 1.67. The van der Waals surface area contributed by atoms with Gasteiger partial charge < -0.3 is 14.6 Å². The van der Waals surface area contributed by atoms with Gasteiger partial charge in [0, 0.05) is 5.56 Å². The van der Waals surface area contributed by atoms with Crippen molar-refractivity contribution in [3.63, 3.8) is 0 Å². The number of carboxylic acid groups (broad SMARTS) is 1. The average Bonchev–Trinajstić information content (AvgIpc) is 2.19. The van der Waals surface area contributed by atoms with Crippen LogP contribution in [0, 0.1) is 0 Å². The van der Waals surface area contributed by atoms with Gasteiger partial charge >= 0.3 is 12.6 Å². The minimum atomic E-state index is -2.92. The second-order valence-corrected chi connectivity index (χ2v) is 2.87. The molecule has 1 aromatic carbocycles. The molecule has 0 fully saturated rings. The molecule has 0 atom stereocenters. The first-order valence-electron chi connectivity index (χ1n) is 4.42. The first-order chi connectivity index (χ1) is 7.59. The molecule has 6 heteroatoms. The monoisotopic (exact) mass is 232 g/mol. The van der Waals surface area contributed by atoms with E-state index >= 15 is 0 Å². The zero-order valence-corrected chi connectivity index (χ0v) is 8.23. The number of carbonyl (C=O) groups is 1. The summed E-state index contributed by atoms with van der Waals surface area (Å²) in [4.78, 5) is 10.2. The maximum atomic E-state index is 12.0. The van der Waals surface area contributed by atoms with E-state index in [1.165, 1.54) is 12.1 Å². The van der Waals surface area contributed by atoms with Crippen LogP contribution in [0.5, 0.6) is 5.75 Å². The first kappa shape index (κ1) is 12.4. The highest BCUT2D eigenvalue weighted by atomic mass is 19.3. The number of rotatable bonds is 6. The summed E-state index contributed by atoms with van der Waals surface area (Å²) in [7, 11) is 0. The highest BCUT2D eigenvalue weighted by molar-refractivity contribution is 5.68. The summed E-state index contributed by atoms with van der Waals surface area (Å²) in [6.45, 7) is -3.49. The maximum absolute atomic E-state index is 12.0. The van der Waals surface area contributed by atoms with Crippen molar-refractivity contribution >= 4 is 5.97 Å². The van der Waals surface area contributed by atoms with Crippen LogP contribution in [0.1, 0.15) is 5.56 Å². The van der Waals surface area contributed by atoms with Gasteiger partial charge in [-0.3, -0.25) is 0 Å². The van der Waals surface area contributed by atoms with Crippen LogP contribution in [0.3, 0.4) is 0 Å². The first-order valence-corrected chi connectivity index (χ1v) is 4.42. The van der Waals surface area contributed by atoms with E-state index in [1.54, 1.807) is 12.1 Å². The normalized spacial score (nSPS) is 10.4. The lowest BCUT2D eigenvalue weighted by atomic mass is 10.2. The van der Waals surface area contributed by atoms with Gasteiger partial charge in [-0.15, -0.1) is 0 Å². The van der Waals surface area contributed by atoms with Crippen LogP contribution < -0.4 is 4.74 Å². The van der Waals surface area contributed by atoms with E-state index in [0.717, 1.165) is 0 Å². The molecule has 0 aliphatic heterocycles. The molecule has 1 aromatic rings. The Kier molecular flexibility index (Phi) is 4.65. The number of hydrogen-bond donors (Lipinski definition) is 1. The lowest BCUT2D eigenvalue weighted by Crippen LogP contribution is -2.09. The largest absolute Gasteiger partial charge is 0.480 e. The predicted octanol–water partition coefficient (Wildman–Crippen LogP) is 1.89. The fourth-order valence-corrected chi connectivity index (χ4v) is 1.08. The number of para-hydroxylation sites is 1. The Hall–Kier alpha value is -1.69. The average molecular weight is 232 g/mol. The van der Waals surface area contributed by atoms with Gasteiger partial charge in [-0.2, -0.15) is 8.78 Å². The van der Waals surface area contributed by atoms with Gasteiger partial charge in [0.25, 0.3) is 0 Å². The lowest BCUT2D eigenvalue weighted by molar-refractivity contribution is -0.142. The Balaban J connectivity index is 2.60. The van der Waals surface area contributed by atoms with Gasteiger partial charge in [0.05, 0.1) is 6.61 Å². The quantitative estimate of drug-likeness (QED) is 0.813. The molecule has 1 N–H and O–H groups in total. The highest BCUT2D eigenvalue weighted by Gasteiger charge is 2.09. The van der Waals surface area contributed by atoms with Crippen LogP contribution in [0.2, 0.25) is 0 Å². The standard InChI is InChI=1S/C10H10F2O4/c11-10(12)16-8-4-2-1-3-7(8)5-15-6-9(13)14/h1-4,10H,5-6H2,(H,13,14). The SMILES string of the molecule is O=C(O)COCc1ccccc1OC(F)F. The number of alkyl halides is 2. The molecule has 0 aromatic heterocycles. The van der Waals surface area contributed by atoms with Crippen molar-refractivity contribution in [1.29, 1.82) is 0 Å². The van der Waals surface area contributed by atoms with Crippen LogP contribution in [0.15, 0.2) is 24.3 Å². The third-order valence-corrected chi connectivity index (χ3v) is 1.67. The van der Waals surface area contributed by atoms with Gasteiger partial charge in [0.15, 0.2) is 0 Å². The van der Waals surface area contributed by atoms with E-state index in [1.807, 2.05) is 0 Å². The Morgan fingerprint density at radius 3 is 2.69 bits per heavy atom. The summed E-state index contributed by atoms with van der Waals surface area (Å²) >= 11 is 0. The molecule has 4 nitrogen and oxygen atoms in total. The highest BCUT2D eigenvalue weighted by Crippen LogP contribution is 2.20. The Morgan fingerprint density at radius 1 is 1.38 bits per heavy atom. The van der Waals surface area contributed by atoms with Crippen molar-refractivity contribution in [3.05, 3.63) is 29.8 Å². The lowest BCUT2D eigenvalue weighted by Gasteiger charge is -2.09. The van der Waals surface area contributed by atoms with Crippen LogP contribution >= 0.6 is 0 Å². The van der Waals surface area contributed by atoms with E-state index in [4.69, 9.17) is 9.84 Å². The summed E-state index contributed by atoms with van der Waals surface area (Å²) in [6.07, 6.45) is 0. The van der Waals surface area contributed by atoms with E-state index in [2.05, 4.69) is 4.74 Å². The van der Waals surface area contributed by atoms with Gasteiger partial charge in [-0.25, -0.2) is 4.79 Å². The van der Waals surface area contributed by atoms with Crippen molar-refractivity contribution in [3.8, 4) is 5.75 Å². The topological polar surface area (TPSA) is 55.8 Å². The van der Waals surface area contributed by atoms with Gasteiger partial charge in [-0.05, 0) is 6.07 Å². The molecular formula is C10H10F2O4. The number of carboxylic acids is 1. The number of halogens is 2. The van der Waals surface area contributed by atoms with Gasteiger partial charge in [0.1, 0.15) is 12.4 Å². The van der Waals surface area contributed by atoms with E-state index in [9.17, 15) is 13.6 Å². The summed E-state index contributed by atoms with van der Waals surface area (Å²) < 4.78 is 33.0. The minimum absolute atomic E-state index is 0.0112. The summed E-state index contributed by atoms with van der Waals surface area (Å²) in [5.74, 6) is -1.13. The second kappa shape index (κ2) is 6.02. The minimum Gasteiger partial charge on any atom is -0.480 e. The molecule has 0 saturated heterocycles. The molecular weight excluding hydrogens is 222 g/mol. The Labute approximate surface area is 90.4 Å². The molecule has 0 saturated carbocycles. The predicted molar refractivity (Wildman–Crippen MR) is 50.4 cm³/mol. The summed E-state index contributed by atoms with van der Waals surface area (Å²) in [5, 5.41) is 8.33. The van der Waals surface area contributed by atoms with E-state index < -0.39 is 19.2 Å². The number of ether oxygens (including phenoxy) is 2. The zero-order valence-electron chi connectivity index (χ0n) is 8.23. The molecule has 1 rings (SSSR count). The van der Waals surface area contributed by atoms with Gasteiger partial charge in [0.2, 0.25) is 0 Å².